The minimum Gasteiger partial charge on any atom is -0.497 e. The smallest absolute Gasteiger partial charge is 0.256 e. The number of anilines is 3. The molecule has 7 nitrogen and oxygen atoms in total. The third-order valence-corrected chi connectivity index (χ3v) is 4.02. The van der Waals surface area contributed by atoms with Gasteiger partial charge in [-0.3, -0.25) is 4.79 Å². The lowest BCUT2D eigenvalue weighted by molar-refractivity contribution is 0.102. The van der Waals surface area contributed by atoms with E-state index in [0.717, 1.165) is 17.1 Å². The number of nitrogens with one attached hydrogen (secondary N) is 2. The molecule has 0 aliphatic carbocycles. The minimum atomic E-state index is -0.235. The van der Waals surface area contributed by atoms with Gasteiger partial charge in [0, 0.05) is 17.3 Å². The summed E-state index contributed by atoms with van der Waals surface area (Å²) in [4.78, 5) is 16.5. The van der Waals surface area contributed by atoms with Gasteiger partial charge in [-0.05, 0) is 48.5 Å². The van der Waals surface area contributed by atoms with Gasteiger partial charge in [-0.1, -0.05) is 0 Å². The van der Waals surface area contributed by atoms with Crippen molar-refractivity contribution in [2.24, 2.45) is 0 Å². The molecule has 27 heavy (non-hydrogen) atoms. The zero-order valence-corrected chi connectivity index (χ0v) is 14.6. The molecule has 7 heteroatoms. The monoisotopic (exact) mass is 363 g/mol. The maximum atomic E-state index is 12.3. The van der Waals surface area contributed by atoms with Crippen LogP contribution in [0.3, 0.4) is 0 Å². The summed E-state index contributed by atoms with van der Waals surface area (Å²) in [5.74, 6) is 2.36. The molecule has 1 amide bonds. The first-order valence-electron chi connectivity index (χ1n) is 8.29. The van der Waals surface area contributed by atoms with Crippen molar-refractivity contribution in [3.63, 3.8) is 0 Å². The van der Waals surface area contributed by atoms with Gasteiger partial charge in [0.1, 0.15) is 11.6 Å². The molecule has 1 aromatic heterocycles. The van der Waals surface area contributed by atoms with Crippen molar-refractivity contribution in [3.05, 3.63) is 66.4 Å². The number of methoxy groups -OCH3 is 1. The fourth-order valence-corrected chi connectivity index (χ4v) is 2.61. The summed E-state index contributed by atoms with van der Waals surface area (Å²) in [6, 6.07) is 16.0. The van der Waals surface area contributed by atoms with E-state index < -0.39 is 0 Å². The largest absolute Gasteiger partial charge is 0.497 e. The van der Waals surface area contributed by atoms with Crippen LogP contribution in [0, 0.1) is 0 Å². The van der Waals surface area contributed by atoms with Crippen molar-refractivity contribution < 1.29 is 19.0 Å². The van der Waals surface area contributed by atoms with Crippen LogP contribution in [0.5, 0.6) is 17.2 Å². The van der Waals surface area contributed by atoms with Crippen LogP contribution >= 0.6 is 0 Å². The second kappa shape index (κ2) is 7.25. The van der Waals surface area contributed by atoms with Gasteiger partial charge in [-0.25, -0.2) is 4.98 Å². The van der Waals surface area contributed by atoms with Gasteiger partial charge in [-0.2, -0.15) is 0 Å². The van der Waals surface area contributed by atoms with Gasteiger partial charge in [0.2, 0.25) is 6.79 Å². The molecule has 2 heterocycles. The van der Waals surface area contributed by atoms with Crippen molar-refractivity contribution in [2.75, 3.05) is 24.5 Å². The Hall–Kier alpha value is -3.74. The maximum absolute atomic E-state index is 12.3. The second-order valence-electron chi connectivity index (χ2n) is 5.81. The fourth-order valence-electron chi connectivity index (χ4n) is 2.61. The Kier molecular flexibility index (Phi) is 4.49. The van der Waals surface area contributed by atoms with E-state index in [2.05, 4.69) is 15.6 Å². The molecule has 2 aromatic carbocycles. The summed E-state index contributed by atoms with van der Waals surface area (Å²) < 4.78 is 15.7. The lowest BCUT2D eigenvalue weighted by Gasteiger charge is -2.09. The number of carbonyl (C=O) groups excluding carboxylic acids is 1. The number of ether oxygens (including phenoxy) is 3. The molecule has 0 atom stereocenters. The molecule has 0 fully saturated rings. The lowest BCUT2D eigenvalue weighted by atomic mass is 10.2. The standard InChI is InChI=1S/C20H17N3O4/c1-25-16-6-2-13(3-7-16)20(24)23-19-9-5-15(11-21-19)22-14-4-8-17-18(10-14)27-12-26-17/h2-11,22H,12H2,1H3,(H,21,23,24). The van der Waals surface area contributed by atoms with Crippen molar-refractivity contribution in [3.8, 4) is 17.2 Å². The number of amides is 1. The quantitative estimate of drug-likeness (QED) is 0.717. The van der Waals surface area contributed by atoms with Gasteiger partial charge in [0.05, 0.1) is 19.0 Å². The number of hydrogen-bond acceptors (Lipinski definition) is 6. The van der Waals surface area contributed by atoms with E-state index in [4.69, 9.17) is 14.2 Å². The molecular weight excluding hydrogens is 346 g/mol. The van der Waals surface area contributed by atoms with Gasteiger partial charge < -0.3 is 24.8 Å². The first-order valence-corrected chi connectivity index (χ1v) is 8.29. The Balaban J connectivity index is 1.40. The average Bonchev–Trinajstić information content (AvgIpc) is 3.17. The number of aromatic nitrogens is 1. The van der Waals surface area contributed by atoms with Gasteiger partial charge in [0.15, 0.2) is 11.5 Å². The molecule has 136 valence electrons. The SMILES string of the molecule is COc1ccc(C(=O)Nc2ccc(Nc3ccc4c(c3)OCO4)cn2)cc1. The molecule has 0 radical (unpaired) electrons. The highest BCUT2D eigenvalue weighted by atomic mass is 16.7. The predicted octanol–water partition coefficient (Wildman–Crippen LogP) is 3.81. The summed E-state index contributed by atoms with van der Waals surface area (Å²) in [6.45, 7) is 0.239. The normalized spacial score (nSPS) is 11.7. The summed E-state index contributed by atoms with van der Waals surface area (Å²) in [6.07, 6.45) is 1.65. The molecule has 1 aliphatic heterocycles. The van der Waals surface area contributed by atoms with Gasteiger partial charge in [-0.15, -0.1) is 0 Å². The molecule has 0 spiro atoms. The zero-order chi connectivity index (χ0) is 18.6. The van der Waals surface area contributed by atoms with E-state index in [-0.39, 0.29) is 12.7 Å². The van der Waals surface area contributed by atoms with E-state index in [0.29, 0.717) is 22.9 Å². The predicted molar refractivity (Wildman–Crippen MR) is 101 cm³/mol. The topological polar surface area (TPSA) is 81.7 Å². The molecule has 4 rings (SSSR count). The molecule has 0 saturated heterocycles. The number of fused-ring (bicyclic) bond motifs is 1. The minimum absolute atomic E-state index is 0.235. The summed E-state index contributed by atoms with van der Waals surface area (Å²) in [5, 5.41) is 6.00. The highest BCUT2D eigenvalue weighted by Gasteiger charge is 2.13. The van der Waals surface area contributed by atoms with Crippen LogP contribution in [0.25, 0.3) is 0 Å². The molecule has 0 saturated carbocycles. The molecule has 2 N–H and O–H groups in total. The molecule has 1 aliphatic rings. The van der Waals surface area contributed by atoms with Crippen LogP contribution in [0.2, 0.25) is 0 Å². The second-order valence-corrected chi connectivity index (χ2v) is 5.81. The van der Waals surface area contributed by atoms with Crippen LogP contribution in [0.15, 0.2) is 60.8 Å². The number of pyridine rings is 1. The van der Waals surface area contributed by atoms with Crippen molar-refractivity contribution in [2.45, 2.75) is 0 Å². The van der Waals surface area contributed by atoms with E-state index in [9.17, 15) is 4.79 Å². The van der Waals surface area contributed by atoms with Crippen LogP contribution in [0.1, 0.15) is 10.4 Å². The number of nitrogens with zero attached hydrogens (tertiary/aromatic N) is 1. The Bertz CT molecular complexity index is 956. The zero-order valence-electron chi connectivity index (χ0n) is 14.6. The van der Waals surface area contributed by atoms with Crippen molar-refractivity contribution in [1.82, 2.24) is 4.98 Å². The number of rotatable bonds is 5. The van der Waals surface area contributed by atoms with Crippen LogP contribution in [-0.2, 0) is 0 Å². The highest BCUT2D eigenvalue weighted by Crippen LogP contribution is 2.35. The van der Waals surface area contributed by atoms with E-state index in [1.54, 1.807) is 43.6 Å². The molecule has 3 aromatic rings. The average molecular weight is 363 g/mol. The summed E-state index contributed by atoms with van der Waals surface area (Å²) >= 11 is 0. The van der Waals surface area contributed by atoms with E-state index in [1.807, 2.05) is 24.3 Å². The Morgan fingerprint density at radius 1 is 1.00 bits per heavy atom. The number of hydrogen-bond donors (Lipinski definition) is 2. The summed E-state index contributed by atoms with van der Waals surface area (Å²) in [5.41, 5.74) is 2.17. The Morgan fingerprint density at radius 2 is 1.78 bits per heavy atom. The highest BCUT2D eigenvalue weighted by molar-refractivity contribution is 6.03. The third-order valence-electron chi connectivity index (χ3n) is 4.02. The Morgan fingerprint density at radius 3 is 2.52 bits per heavy atom. The first-order chi connectivity index (χ1) is 13.2. The van der Waals surface area contributed by atoms with Crippen LogP contribution < -0.4 is 24.8 Å². The first kappa shape index (κ1) is 16.7. The van der Waals surface area contributed by atoms with Crippen molar-refractivity contribution in [1.29, 1.82) is 0 Å². The molecular formula is C20H17N3O4. The summed E-state index contributed by atoms with van der Waals surface area (Å²) in [7, 11) is 1.58. The maximum Gasteiger partial charge on any atom is 0.256 e. The van der Waals surface area contributed by atoms with E-state index >= 15 is 0 Å². The van der Waals surface area contributed by atoms with Gasteiger partial charge in [0.25, 0.3) is 5.91 Å². The molecule has 0 bridgehead atoms. The van der Waals surface area contributed by atoms with E-state index in [1.165, 1.54) is 0 Å². The third kappa shape index (κ3) is 3.77. The van der Waals surface area contributed by atoms with Crippen LogP contribution in [-0.4, -0.2) is 24.8 Å². The number of carbonyl (C=O) groups is 1. The van der Waals surface area contributed by atoms with Gasteiger partial charge >= 0.3 is 0 Å². The Labute approximate surface area is 155 Å². The fraction of sp³-hybridized carbons (Fsp3) is 0.100. The molecule has 0 unspecified atom stereocenters. The van der Waals surface area contributed by atoms with Crippen LogP contribution in [0.4, 0.5) is 17.2 Å². The van der Waals surface area contributed by atoms with Crippen molar-refractivity contribution >= 4 is 23.1 Å². The lowest BCUT2D eigenvalue weighted by Crippen LogP contribution is -2.12. The number of benzene rings is 2.